The molecular formula is C17H28N4O2. The molecule has 0 saturated carbocycles. The second-order valence-electron chi connectivity index (χ2n) is 6.49. The zero-order valence-electron chi connectivity index (χ0n) is 14.8. The van der Waals surface area contributed by atoms with Gasteiger partial charge in [-0.25, -0.2) is 4.98 Å². The quantitative estimate of drug-likeness (QED) is 0.846. The number of rotatable bonds is 6. The van der Waals surface area contributed by atoms with Crippen molar-refractivity contribution in [3.8, 4) is 5.88 Å². The Morgan fingerprint density at radius 2 is 2.22 bits per heavy atom. The van der Waals surface area contributed by atoms with Crippen LogP contribution < -0.4 is 10.1 Å². The Morgan fingerprint density at radius 3 is 2.83 bits per heavy atom. The van der Waals surface area contributed by atoms with Gasteiger partial charge in [-0.2, -0.15) is 0 Å². The highest BCUT2D eigenvalue weighted by atomic mass is 16.5. The van der Waals surface area contributed by atoms with E-state index in [1.807, 2.05) is 19.9 Å². The second kappa shape index (κ2) is 7.75. The van der Waals surface area contributed by atoms with Gasteiger partial charge >= 0.3 is 0 Å². The molecule has 6 nitrogen and oxygen atoms in total. The second-order valence-corrected chi connectivity index (χ2v) is 6.49. The smallest absolute Gasteiger partial charge is 0.234 e. The van der Waals surface area contributed by atoms with E-state index in [4.69, 9.17) is 4.74 Å². The van der Waals surface area contributed by atoms with Crippen LogP contribution in [-0.2, 0) is 11.3 Å². The Balaban J connectivity index is 1.88. The number of nitrogens with one attached hydrogen (secondary N) is 1. The summed E-state index contributed by atoms with van der Waals surface area (Å²) in [5.41, 5.74) is 2.95. The number of hydrogen-bond acceptors (Lipinski definition) is 5. The first-order chi connectivity index (χ1) is 10.9. The average molecular weight is 320 g/mol. The van der Waals surface area contributed by atoms with E-state index >= 15 is 0 Å². The number of pyridine rings is 1. The van der Waals surface area contributed by atoms with Gasteiger partial charge in [0.15, 0.2) is 0 Å². The maximum Gasteiger partial charge on any atom is 0.234 e. The first kappa shape index (κ1) is 17.7. The highest BCUT2D eigenvalue weighted by Gasteiger charge is 2.25. The summed E-state index contributed by atoms with van der Waals surface area (Å²) < 4.78 is 5.33. The van der Waals surface area contributed by atoms with Gasteiger partial charge in [0, 0.05) is 36.9 Å². The van der Waals surface area contributed by atoms with Crippen molar-refractivity contribution in [1.82, 2.24) is 20.1 Å². The van der Waals surface area contributed by atoms with E-state index < -0.39 is 0 Å². The molecule has 1 aliphatic heterocycles. The van der Waals surface area contributed by atoms with Crippen LogP contribution in [0.2, 0.25) is 0 Å². The lowest BCUT2D eigenvalue weighted by molar-refractivity contribution is -0.122. The molecule has 1 aromatic rings. The minimum absolute atomic E-state index is 0.0476. The fraction of sp³-hybridized carbons (Fsp3) is 0.647. The van der Waals surface area contributed by atoms with Crippen molar-refractivity contribution >= 4 is 5.91 Å². The summed E-state index contributed by atoms with van der Waals surface area (Å²) in [6.07, 6.45) is 1.12. The highest BCUT2D eigenvalue weighted by Crippen LogP contribution is 2.20. The molecule has 0 bridgehead atoms. The fourth-order valence-corrected chi connectivity index (χ4v) is 3.04. The number of hydrogen-bond donors (Lipinski definition) is 1. The number of likely N-dealkylation sites (tertiary alicyclic amines) is 1. The molecule has 23 heavy (non-hydrogen) atoms. The van der Waals surface area contributed by atoms with E-state index in [0.717, 1.165) is 36.3 Å². The van der Waals surface area contributed by atoms with Crippen molar-refractivity contribution in [2.75, 3.05) is 40.8 Å². The predicted octanol–water partition coefficient (Wildman–Crippen LogP) is 0.959. The van der Waals surface area contributed by atoms with Crippen LogP contribution in [0.1, 0.15) is 23.2 Å². The summed E-state index contributed by atoms with van der Waals surface area (Å²) in [6.45, 7) is 6.78. The van der Waals surface area contributed by atoms with Gasteiger partial charge in [-0.1, -0.05) is 0 Å². The highest BCUT2D eigenvalue weighted by molar-refractivity contribution is 5.78. The van der Waals surface area contributed by atoms with Crippen LogP contribution in [0.25, 0.3) is 0 Å². The van der Waals surface area contributed by atoms with Gasteiger partial charge < -0.3 is 15.0 Å². The maximum atomic E-state index is 12.2. The minimum atomic E-state index is 0.0476. The molecule has 6 heteroatoms. The van der Waals surface area contributed by atoms with Gasteiger partial charge in [0.25, 0.3) is 0 Å². The van der Waals surface area contributed by atoms with Gasteiger partial charge in [-0.15, -0.1) is 0 Å². The molecule has 128 valence electrons. The van der Waals surface area contributed by atoms with E-state index in [1.165, 1.54) is 0 Å². The number of aromatic nitrogens is 1. The van der Waals surface area contributed by atoms with Crippen molar-refractivity contribution in [1.29, 1.82) is 0 Å². The summed E-state index contributed by atoms with van der Waals surface area (Å²) in [5.74, 6) is 0.642. The van der Waals surface area contributed by atoms with Crippen molar-refractivity contribution in [2.45, 2.75) is 32.9 Å². The van der Waals surface area contributed by atoms with Crippen LogP contribution in [-0.4, -0.2) is 67.6 Å². The molecule has 2 rings (SSSR count). The lowest BCUT2D eigenvalue weighted by Crippen LogP contribution is -2.38. The van der Waals surface area contributed by atoms with E-state index in [0.29, 0.717) is 25.0 Å². The summed E-state index contributed by atoms with van der Waals surface area (Å²) in [5, 5.41) is 2.99. The zero-order chi connectivity index (χ0) is 17.0. The third-order valence-corrected chi connectivity index (χ3v) is 4.44. The molecule has 1 saturated heterocycles. The SMILES string of the molecule is COc1nc(C)cc(C)c1CNC(=O)CN1CC[C@@H](N(C)C)C1. The number of ether oxygens (including phenoxy) is 1. The van der Waals surface area contributed by atoms with Crippen molar-refractivity contribution in [2.24, 2.45) is 0 Å². The monoisotopic (exact) mass is 320 g/mol. The predicted molar refractivity (Wildman–Crippen MR) is 90.6 cm³/mol. The number of amides is 1. The summed E-state index contributed by atoms with van der Waals surface area (Å²) in [4.78, 5) is 21.0. The maximum absolute atomic E-state index is 12.2. The molecule has 1 amide bonds. The molecular weight excluding hydrogens is 292 g/mol. The van der Waals surface area contributed by atoms with Gasteiger partial charge in [0.05, 0.1) is 13.7 Å². The van der Waals surface area contributed by atoms with Crippen LogP contribution in [0.4, 0.5) is 0 Å². The molecule has 0 spiro atoms. The molecule has 0 aliphatic carbocycles. The molecule has 1 fully saturated rings. The van der Waals surface area contributed by atoms with Crippen LogP contribution in [0.3, 0.4) is 0 Å². The lowest BCUT2D eigenvalue weighted by atomic mass is 10.1. The lowest BCUT2D eigenvalue weighted by Gasteiger charge is -2.20. The van der Waals surface area contributed by atoms with Gasteiger partial charge in [0.1, 0.15) is 0 Å². The Bertz CT molecular complexity index is 560. The van der Waals surface area contributed by atoms with Crippen molar-refractivity contribution in [3.05, 3.63) is 22.9 Å². The van der Waals surface area contributed by atoms with Crippen molar-refractivity contribution in [3.63, 3.8) is 0 Å². The molecule has 0 aromatic carbocycles. The first-order valence-corrected chi connectivity index (χ1v) is 8.07. The summed E-state index contributed by atoms with van der Waals surface area (Å²) >= 11 is 0. The van der Waals surface area contributed by atoms with Gasteiger partial charge in [0.2, 0.25) is 11.8 Å². The normalized spacial score (nSPS) is 18.4. The van der Waals surface area contributed by atoms with E-state index in [9.17, 15) is 4.79 Å². The molecule has 1 aliphatic rings. The molecule has 2 heterocycles. The van der Waals surface area contributed by atoms with Crippen LogP contribution in [0, 0.1) is 13.8 Å². The Hall–Kier alpha value is -1.66. The standard InChI is InChI=1S/C17H28N4O2/c1-12-8-13(2)19-17(23-5)15(12)9-18-16(22)11-21-7-6-14(10-21)20(3)4/h8,14H,6-7,9-11H2,1-5H3,(H,18,22)/t14-/m1/s1. The minimum Gasteiger partial charge on any atom is -0.481 e. The Kier molecular flexibility index (Phi) is 5.96. The zero-order valence-corrected chi connectivity index (χ0v) is 14.8. The van der Waals surface area contributed by atoms with Crippen LogP contribution >= 0.6 is 0 Å². The number of methoxy groups -OCH3 is 1. The molecule has 0 unspecified atom stereocenters. The Labute approximate surface area is 138 Å². The largest absolute Gasteiger partial charge is 0.481 e. The van der Waals surface area contributed by atoms with Crippen LogP contribution in [0.5, 0.6) is 5.88 Å². The number of likely N-dealkylation sites (N-methyl/N-ethyl adjacent to an activating group) is 1. The molecule has 1 aromatic heterocycles. The summed E-state index contributed by atoms with van der Waals surface area (Å²) in [6, 6.07) is 2.55. The summed E-state index contributed by atoms with van der Waals surface area (Å²) in [7, 11) is 5.79. The topological polar surface area (TPSA) is 57.7 Å². The molecule has 1 N–H and O–H groups in total. The van der Waals surface area contributed by atoms with Crippen molar-refractivity contribution < 1.29 is 9.53 Å². The number of carbonyl (C=O) groups is 1. The molecule has 1 atom stereocenters. The fourth-order valence-electron chi connectivity index (χ4n) is 3.04. The average Bonchev–Trinajstić information content (AvgIpc) is 2.94. The van der Waals surface area contributed by atoms with Gasteiger partial charge in [-0.3, -0.25) is 9.69 Å². The van der Waals surface area contributed by atoms with E-state index in [2.05, 4.69) is 34.2 Å². The number of aryl methyl sites for hydroxylation is 2. The third kappa shape index (κ3) is 4.65. The van der Waals surface area contributed by atoms with Gasteiger partial charge in [-0.05, 0) is 46.0 Å². The first-order valence-electron chi connectivity index (χ1n) is 8.07. The number of carbonyl (C=O) groups excluding carboxylic acids is 1. The van der Waals surface area contributed by atoms with E-state index in [1.54, 1.807) is 7.11 Å². The van der Waals surface area contributed by atoms with E-state index in [-0.39, 0.29) is 5.91 Å². The third-order valence-electron chi connectivity index (χ3n) is 4.44. The van der Waals surface area contributed by atoms with Crippen LogP contribution in [0.15, 0.2) is 6.07 Å². The Morgan fingerprint density at radius 1 is 1.48 bits per heavy atom. The molecule has 0 radical (unpaired) electrons. The number of nitrogens with zero attached hydrogens (tertiary/aromatic N) is 3.